The second kappa shape index (κ2) is 7.41. The summed E-state index contributed by atoms with van der Waals surface area (Å²) in [4.78, 5) is 11.8. The number of amides is 2. The van der Waals surface area contributed by atoms with E-state index < -0.39 is 11.8 Å². The Hall–Kier alpha value is -3.15. The topological polar surface area (TPSA) is 59.0 Å². The molecule has 1 heterocycles. The van der Waals surface area contributed by atoms with Crippen molar-refractivity contribution >= 4 is 11.7 Å². The number of carbonyl (C=O) groups excluding carboxylic acids is 1. The molecule has 0 saturated carbocycles. The highest BCUT2D eigenvalue weighted by Crippen LogP contribution is 2.12. The van der Waals surface area contributed by atoms with E-state index >= 15 is 0 Å². The molecule has 2 N–H and O–H groups in total. The van der Waals surface area contributed by atoms with Gasteiger partial charge in [0, 0.05) is 18.9 Å². The molecule has 6 heteroatoms. The van der Waals surface area contributed by atoms with Gasteiger partial charge in [-0.15, -0.1) is 0 Å². The number of benzene rings is 2. The van der Waals surface area contributed by atoms with Crippen molar-refractivity contribution in [3.05, 3.63) is 78.4 Å². The van der Waals surface area contributed by atoms with Crippen LogP contribution in [0.5, 0.6) is 0 Å². The molecule has 0 bridgehead atoms. The third kappa shape index (κ3) is 3.98. The van der Waals surface area contributed by atoms with Crippen LogP contribution >= 0.6 is 0 Å². The molecule has 1 aromatic heterocycles. The Labute approximate surface area is 139 Å². The number of carbonyl (C=O) groups is 1. The molecule has 2 aromatic carbocycles. The van der Waals surface area contributed by atoms with E-state index in [0.717, 1.165) is 11.3 Å². The molecule has 0 aliphatic carbocycles. The van der Waals surface area contributed by atoms with Crippen molar-refractivity contribution in [2.24, 2.45) is 0 Å². The number of para-hydroxylation sites is 1. The number of hydrogen-bond acceptors (Lipinski definition) is 2. The minimum atomic E-state index is -0.457. The molecule has 0 aliphatic rings. The molecule has 5 nitrogen and oxygen atoms in total. The fourth-order valence-corrected chi connectivity index (χ4v) is 2.29. The van der Waals surface area contributed by atoms with E-state index in [0.29, 0.717) is 13.0 Å². The number of aromatic nitrogens is 2. The van der Waals surface area contributed by atoms with Gasteiger partial charge in [-0.2, -0.15) is 5.10 Å². The van der Waals surface area contributed by atoms with Crippen LogP contribution in [0.1, 0.15) is 5.56 Å². The Morgan fingerprint density at radius 2 is 1.88 bits per heavy atom. The van der Waals surface area contributed by atoms with Crippen LogP contribution in [0.25, 0.3) is 5.69 Å². The lowest BCUT2D eigenvalue weighted by atomic mass is 10.1. The average Bonchev–Trinajstić information content (AvgIpc) is 3.12. The molecule has 122 valence electrons. The summed E-state index contributed by atoms with van der Waals surface area (Å²) < 4.78 is 15.2. The fraction of sp³-hybridized carbons (Fsp3) is 0.111. The van der Waals surface area contributed by atoms with E-state index in [2.05, 4.69) is 15.7 Å². The van der Waals surface area contributed by atoms with Crippen molar-refractivity contribution < 1.29 is 9.18 Å². The van der Waals surface area contributed by atoms with Gasteiger partial charge >= 0.3 is 6.03 Å². The smallest absolute Gasteiger partial charge is 0.319 e. The zero-order valence-electron chi connectivity index (χ0n) is 12.9. The van der Waals surface area contributed by atoms with Gasteiger partial charge in [0.1, 0.15) is 5.82 Å². The summed E-state index contributed by atoms with van der Waals surface area (Å²) in [6.07, 6.45) is 4.29. The molecule has 0 fully saturated rings. The summed E-state index contributed by atoms with van der Waals surface area (Å²) in [6, 6.07) is 15.4. The molecule has 0 atom stereocenters. The maximum absolute atomic E-state index is 13.4. The molecule has 0 spiro atoms. The molecule has 0 saturated heterocycles. The minimum absolute atomic E-state index is 0.165. The van der Waals surface area contributed by atoms with Gasteiger partial charge in [-0.25, -0.2) is 13.9 Å². The summed E-state index contributed by atoms with van der Waals surface area (Å²) in [5, 5.41) is 9.37. The van der Waals surface area contributed by atoms with Crippen molar-refractivity contribution in [1.29, 1.82) is 0 Å². The van der Waals surface area contributed by atoms with E-state index in [1.165, 1.54) is 12.1 Å². The Balaban J connectivity index is 1.48. The summed E-state index contributed by atoms with van der Waals surface area (Å²) in [7, 11) is 0. The van der Waals surface area contributed by atoms with Gasteiger partial charge in [0.25, 0.3) is 0 Å². The molecule has 0 aliphatic heterocycles. The number of urea groups is 1. The SMILES string of the molecule is O=C(NCCc1ccc(-n2cccn2)cc1)Nc1ccccc1F. The second-order valence-electron chi connectivity index (χ2n) is 5.23. The van der Waals surface area contributed by atoms with Gasteiger partial charge < -0.3 is 10.6 Å². The second-order valence-corrected chi connectivity index (χ2v) is 5.23. The number of nitrogens with one attached hydrogen (secondary N) is 2. The minimum Gasteiger partial charge on any atom is -0.338 e. The van der Waals surface area contributed by atoms with E-state index in [1.807, 2.05) is 36.5 Å². The molecule has 0 radical (unpaired) electrons. The highest BCUT2D eigenvalue weighted by molar-refractivity contribution is 5.89. The predicted octanol–water partition coefficient (Wildman–Crippen LogP) is 3.38. The van der Waals surface area contributed by atoms with Crippen LogP contribution in [0.3, 0.4) is 0 Å². The lowest BCUT2D eigenvalue weighted by Crippen LogP contribution is -2.30. The van der Waals surface area contributed by atoms with Crippen LogP contribution < -0.4 is 10.6 Å². The molecule has 3 aromatic rings. The lowest BCUT2D eigenvalue weighted by Gasteiger charge is -2.09. The monoisotopic (exact) mass is 324 g/mol. The van der Waals surface area contributed by atoms with Crippen molar-refractivity contribution in [2.75, 3.05) is 11.9 Å². The standard InChI is InChI=1S/C18H17FN4O/c19-16-4-1-2-5-17(16)22-18(24)20-12-10-14-6-8-15(9-7-14)23-13-3-11-21-23/h1-9,11,13H,10,12H2,(H2,20,22,24). The summed E-state index contributed by atoms with van der Waals surface area (Å²) >= 11 is 0. The lowest BCUT2D eigenvalue weighted by molar-refractivity contribution is 0.252. The van der Waals surface area contributed by atoms with Crippen LogP contribution in [0.4, 0.5) is 14.9 Å². The number of rotatable bonds is 5. The van der Waals surface area contributed by atoms with Gasteiger partial charge in [-0.05, 0) is 42.3 Å². The highest BCUT2D eigenvalue weighted by Gasteiger charge is 2.05. The van der Waals surface area contributed by atoms with Gasteiger partial charge in [0.15, 0.2) is 0 Å². The van der Waals surface area contributed by atoms with E-state index in [1.54, 1.807) is 23.0 Å². The van der Waals surface area contributed by atoms with E-state index in [4.69, 9.17) is 0 Å². The van der Waals surface area contributed by atoms with Crippen molar-refractivity contribution in [3.8, 4) is 5.69 Å². The molecule has 0 unspecified atom stereocenters. The number of anilines is 1. The first-order chi connectivity index (χ1) is 11.7. The molecule has 24 heavy (non-hydrogen) atoms. The van der Waals surface area contributed by atoms with E-state index in [-0.39, 0.29) is 5.69 Å². The highest BCUT2D eigenvalue weighted by atomic mass is 19.1. The number of nitrogens with zero attached hydrogens (tertiary/aromatic N) is 2. The quantitative estimate of drug-likeness (QED) is 0.756. The Morgan fingerprint density at radius 3 is 2.58 bits per heavy atom. The molecular formula is C18H17FN4O. The van der Waals surface area contributed by atoms with Crippen LogP contribution in [0, 0.1) is 5.82 Å². The zero-order chi connectivity index (χ0) is 16.8. The Kier molecular flexibility index (Phi) is 4.86. The van der Waals surface area contributed by atoms with Crippen molar-refractivity contribution in [3.63, 3.8) is 0 Å². The maximum Gasteiger partial charge on any atom is 0.319 e. The largest absolute Gasteiger partial charge is 0.338 e. The van der Waals surface area contributed by atoms with Crippen LogP contribution in [-0.4, -0.2) is 22.4 Å². The third-order valence-electron chi connectivity index (χ3n) is 3.53. The predicted molar refractivity (Wildman–Crippen MR) is 90.7 cm³/mol. The first-order valence-electron chi connectivity index (χ1n) is 7.61. The first kappa shape index (κ1) is 15.7. The summed E-state index contributed by atoms with van der Waals surface area (Å²) in [5.74, 6) is -0.457. The average molecular weight is 324 g/mol. The Bertz CT molecular complexity index is 800. The van der Waals surface area contributed by atoms with Crippen molar-refractivity contribution in [1.82, 2.24) is 15.1 Å². The van der Waals surface area contributed by atoms with Gasteiger partial charge in [0.05, 0.1) is 11.4 Å². The van der Waals surface area contributed by atoms with E-state index in [9.17, 15) is 9.18 Å². The summed E-state index contributed by atoms with van der Waals surface area (Å²) in [5.41, 5.74) is 2.24. The fourth-order valence-electron chi connectivity index (χ4n) is 2.29. The van der Waals surface area contributed by atoms with Crippen LogP contribution in [0.15, 0.2) is 67.0 Å². The number of halogens is 1. The molecular weight excluding hydrogens is 307 g/mol. The molecule has 3 rings (SSSR count). The zero-order valence-corrected chi connectivity index (χ0v) is 12.9. The van der Waals surface area contributed by atoms with Crippen molar-refractivity contribution in [2.45, 2.75) is 6.42 Å². The number of hydrogen-bond donors (Lipinski definition) is 2. The van der Waals surface area contributed by atoms with Crippen LogP contribution in [0.2, 0.25) is 0 Å². The van der Waals surface area contributed by atoms with Crippen LogP contribution in [-0.2, 0) is 6.42 Å². The normalized spacial score (nSPS) is 10.4. The third-order valence-corrected chi connectivity index (χ3v) is 3.53. The molecule has 2 amide bonds. The first-order valence-corrected chi connectivity index (χ1v) is 7.61. The van der Waals surface area contributed by atoms with Gasteiger partial charge in [0.2, 0.25) is 0 Å². The maximum atomic E-state index is 13.4. The Morgan fingerprint density at radius 1 is 1.08 bits per heavy atom. The van der Waals surface area contributed by atoms with Gasteiger partial charge in [-0.1, -0.05) is 24.3 Å². The summed E-state index contributed by atoms with van der Waals surface area (Å²) in [6.45, 7) is 0.460. The van der Waals surface area contributed by atoms with Gasteiger partial charge in [-0.3, -0.25) is 0 Å².